The van der Waals surface area contributed by atoms with E-state index < -0.39 is 0 Å². The summed E-state index contributed by atoms with van der Waals surface area (Å²) in [5, 5.41) is 5.87. The van der Waals surface area contributed by atoms with Crippen LogP contribution in [0.5, 0.6) is 0 Å². The molecule has 0 aliphatic heterocycles. The van der Waals surface area contributed by atoms with Gasteiger partial charge in [-0.3, -0.25) is 0 Å². The van der Waals surface area contributed by atoms with Crippen LogP contribution in [-0.4, -0.2) is 5.16 Å². The lowest BCUT2D eigenvalue weighted by Crippen LogP contribution is -2.11. The van der Waals surface area contributed by atoms with Gasteiger partial charge >= 0.3 is 0 Å². The lowest BCUT2D eigenvalue weighted by Gasteiger charge is -2.15. The van der Waals surface area contributed by atoms with E-state index in [9.17, 15) is 0 Å². The number of aromatic nitrogens is 1. The minimum atomic E-state index is -0.0794. The fourth-order valence-corrected chi connectivity index (χ4v) is 2.25. The average molecular weight is 222 g/mol. The van der Waals surface area contributed by atoms with Gasteiger partial charge in [0.05, 0.1) is 5.56 Å². The summed E-state index contributed by atoms with van der Waals surface area (Å²) >= 11 is 1.65. The zero-order valence-electron chi connectivity index (χ0n) is 9.07. The number of nitrogens with two attached hydrogens (primary N) is 1. The van der Waals surface area contributed by atoms with Gasteiger partial charge in [0.1, 0.15) is 0 Å². The Balaban J connectivity index is 2.60. The summed E-state index contributed by atoms with van der Waals surface area (Å²) in [5.41, 5.74) is 6.69. The second-order valence-corrected chi connectivity index (χ2v) is 5.45. The molecule has 0 unspecified atom stereocenters. The van der Waals surface area contributed by atoms with Gasteiger partial charge in [-0.05, 0) is 11.4 Å². The van der Waals surface area contributed by atoms with Crippen LogP contribution < -0.4 is 5.73 Å². The third kappa shape index (κ3) is 1.77. The number of anilines is 1. The van der Waals surface area contributed by atoms with E-state index in [2.05, 4.69) is 25.9 Å². The summed E-state index contributed by atoms with van der Waals surface area (Å²) in [6, 6.07) is 4.03. The van der Waals surface area contributed by atoms with Crippen molar-refractivity contribution < 1.29 is 4.52 Å². The maximum absolute atomic E-state index is 5.83. The normalized spacial score (nSPS) is 11.9. The van der Waals surface area contributed by atoms with E-state index in [4.69, 9.17) is 10.3 Å². The lowest BCUT2D eigenvalue weighted by molar-refractivity contribution is 0.332. The van der Waals surface area contributed by atoms with Gasteiger partial charge in [-0.15, -0.1) is 11.3 Å². The highest BCUT2D eigenvalue weighted by atomic mass is 32.1. The molecule has 2 aromatic heterocycles. The van der Waals surface area contributed by atoms with Gasteiger partial charge in [0.25, 0.3) is 0 Å². The Morgan fingerprint density at radius 3 is 2.67 bits per heavy atom. The van der Waals surface area contributed by atoms with Crippen LogP contribution in [0, 0.1) is 0 Å². The SMILES string of the molecule is CC(C)(C)c1onc(N)c1-c1cccs1. The highest BCUT2D eigenvalue weighted by molar-refractivity contribution is 7.13. The van der Waals surface area contributed by atoms with E-state index in [1.807, 2.05) is 17.5 Å². The standard InChI is InChI=1S/C11H14N2OS/c1-11(2,3)9-8(10(12)13-14-9)7-5-4-6-15-7/h4-6H,1-3H3,(H2,12,13). The molecule has 0 spiro atoms. The quantitative estimate of drug-likeness (QED) is 0.805. The molecule has 0 aliphatic rings. The number of nitrogen functional groups attached to an aromatic ring is 1. The molecule has 3 nitrogen and oxygen atoms in total. The summed E-state index contributed by atoms with van der Waals surface area (Å²) in [7, 11) is 0. The van der Waals surface area contributed by atoms with Gasteiger partial charge in [-0.1, -0.05) is 32.0 Å². The van der Waals surface area contributed by atoms with Crippen LogP contribution >= 0.6 is 11.3 Å². The Kier molecular flexibility index (Phi) is 2.31. The molecular formula is C11H14N2OS. The highest BCUT2D eigenvalue weighted by Gasteiger charge is 2.27. The number of thiophene rings is 1. The molecule has 2 rings (SSSR count). The van der Waals surface area contributed by atoms with Crippen LogP contribution in [-0.2, 0) is 5.41 Å². The molecule has 0 bridgehead atoms. The summed E-state index contributed by atoms with van der Waals surface area (Å²) < 4.78 is 5.32. The average Bonchev–Trinajstić information content (AvgIpc) is 2.69. The maximum atomic E-state index is 5.83. The van der Waals surface area contributed by atoms with E-state index in [-0.39, 0.29) is 5.41 Å². The molecule has 0 saturated carbocycles. The number of rotatable bonds is 1. The molecule has 4 heteroatoms. The van der Waals surface area contributed by atoms with Gasteiger partial charge in [-0.25, -0.2) is 0 Å². The van der Waals surface area contributed by atoms with Crippen LogP contribution in [0.3, 0.4) is 0 Å². The number of hydrogen-bond donors (Lipinski definition) is 1. The van der Waals surface area contributed by atoms with Gasteiger partial charge in [0.2, 0.25) is 0 Å². The van der Waals surface area contributed by atoms with Crippen molar-refractivity contribution >= 4 is 17.2 Å². The molecular weight excluding hydrogens is 208 g/mol. The van der Waals surface area contributed by atoms with Crippen molar-refractivity contribution in [2.45, 2.75) is 26.2 Å². The summed E-state index contributed by atoms with van der Waals surface area (Å²) in [6.07, 6.45) is 0. The second kappa shape index (κ2) is 3.38. The Labute approximate surface area is 92.9 Å². The molecule has 15 heavy (non-hydrogen) atoms. The largest absolute Gasteiger partial charge is 0.380 e. The van der Waals surface area contributed by atoms with Crippen LogP contribution in [0.4, 0.5) is 5.82 Å². The summed E-state index contributed by atoms with van der Waals surface area (Å²) in [6.45, 7) is 6.26. The zero-order valence-corrected chi connectivity index (χ0v) is 9.89. The van der Waals surface area contributed by atoms with E-state index >= 15 is 0 Å². The summed E-state index contributed by atoms with van der Waals surface area (Å²) in [5.74, 6) is 1.32. The van der Waals surface area contributed by atoms with E-state index in [0.717, 1.165) is 16.2 Å². The van der Waals surface area contributed by atoms with Gasteiger partial charge < -0.3 is 10.3 Å². The Morgan fingerprint density at radius 2 is 2.13 bits per heavy atom. The predicted molar refractivity (Wildman–Crippen MR) is 62.9 cm³/mol. The molecule has 80 valence electrons. The number of nitrogens with zero attached hydrogens (tertiary/aromatic N) is 1. The van der Waals surface area contributed by atoms with Crippen molar-refractivity contribution in [2.75, 3.05) is 5.73 Å². The van der Waals surface area contributed by atoms with Gasteiger partial charge in [-0.2, -0.15) is 0 Å². The van der Waals surface area contributed by atoms with Crippen molar-refractivity contribution in [3.8, 4) is 10.4 Å². The van der Waals surface area contributed by atoms with Crippen LogP contribution in [0.2, 0.25) is 0 Å². The molecule has 0 aromatic carbocycles. The molecule has 2 N–H and O–H groups in total. The maximum Gasteiger partial charge on any atom is 0.175 e. The molecule has 0 aliphatic carbocycles. The van der Waals surface area contributed by atoms with Crippen molar-refractivity contribution in [3.63, 3.8) is 0 Å². The van der Waals surface area contributed by atoms with Crippen molar-refractivity contribution in [1.29, 1.82) is 0 Å². The van der Waals surface area contributed by atoms with Gasteiger partial charge in [0.15, 0.2) is 11.6 Å². The fourth-order valence-electron chi connectivity index (χ4n) is 1.47. The van der Waals surface area contributed by atoms with Crippen molar-refractivity contribution in [3.05, 3.63) is 23.3 Å². The molecule has 2 heterocycles. The first-order chi connectivity index (χ1) is 7.00. The Morgan fingerprint density at radius 1 is 1.40 bits per heavy atom. The van der Waals surface area contributed by atoms with Crippen LogP contribution in [0.15, 0.2) is 22.0 Å². The minimum absolute atomic E-state index is 0.0794. The molecule has 0 saturated heterocycles. The monoisotopic (exact) mass is 222 g/mol. The molecule has 0 fully saturated rings. The van der Waals surface area contributed by atoms with E-state index in [1.54, 1.807) is 11.3 Å². The first-order valence-corrected chi connectivity index (χ1v) is 5.67. The topological polar surface area (TPSA) is 52.0 Å². The van der Waals surface area contributed by atoms with Crippen molar-refractivity contribution in [1.82, 2.24) is 5.16 Å². The van der Waals surface area contributed by atoms with E-state index in [0.29, 0.717) is 5.82 Å². The second-order valence-electron chi connectivity index (χ2n) is 4.50. The predicted octanol–water partition coefficient (Wildman–Crippen LogP) is 3.28. The first-order valence-electron chi connectivity index (χ1n) is 4.79. The van der Waals surface area contributed by atoms with E-state index in [1.165, 1.54) is 0 Å². The molecule has 0 atom stereocenters. The first kappa shape index (κ1) is 10.2. The molecule has 2 aromatic rings. The van der Waals surface area contributed by atoms with Crippen LogP contribution in [0.1, 0.15) is 26.5 Å². The van der Waals surface area contributed by atoms with Crippen molar-refractivity contribution in [2.24, 2.45) is 0 Å². The Bertz CT molecular complexity index is 451. The lowest BCUT2D eigenvalue weighted by atomic mass is 9.90. The third-order valence-electron chi connectivity index (χ3n) is 2.17. The molecule has 0 radical (unpaired) electrons. The summed E-state index contributed by atoms with van der Waals surface area (Å²) in [4.78, 5) is 1.11. The number of hydrogen-bond acceptors (Lipinski definition) is 4. The zero-order chi connectivity index (χ0) is 11.1. The fraction of sp³-hybridized carbons (Fsp3) is 0.364. The van der Waals surface area contributed by atoms with Gasteiger partial charge in [0, 0.05) is 10.3 Å². The molecule has 0 amide bonds. The minimum Gasteiger partial charge on any atom is -0.380 e. The third-order valence-corrected chi connectivity index (χ3v) is 3.05. The smallest absolute Gasteiger partial charge is 0.175 e. The van der Waals surface area contributed by atoms with Crippen LogP contribution in [0.25, 0.3) is 10.4 Å². The highest BCUT2D eigenvalue weighted by Crippen LogP contribution is 2.38. The Hall–Kier alpha value is -1.29.